The van der Waals surface area contributed by atoms with Gasteiger partial charge in [0.2, 0.25) is 5.91 Å². The number of amides is 1. The smallest absolute Gasteiger partial charge is 0.224 e. The van der Waals surface area contributed by atoms with Crippen LogP contribution in [0.3, 0.4) is 0 Å². The van der Waals surface area contributed by atoms with E-state index in [9.17, 15) is 4.79 Å². The molecule has 0 radical (unpaired) electrons. The molecule has 0 aromatic carbocycles. The molecule has 1 amide bonds. The molecule has 0 aliphatic heterocycles. The lowest BCUT2D eigenvalue weighted by Crippen LogP contribution is -2.43. The number of aliphatic hydroxyl groups excluding tert-OH is 1. The number of hydrogen-bond donors (Lipinski definition) is 3. The molecule has 0 aromatic rings. The van der Waals surface area contributed by atoms with E-state index >= 15 is 0 Å². The van der Waals surface area contributed by atoms with Crippen molar-refractivity contribution < 1.29 is 9.90 Å². The first-order valence-electron chi connectivity index (χ1n) is 5.22. The van der Waals surface area contributed by atoms with Crippen LogP contribution in [-0.2, 0) is 4.79 Å². The van der Waals surface area contributed by atoms with Gasteiger partial charge >= 0.3 is 0 Å². The van der Waals surface area contributed by atoms with E-state index < -0.39 is 0 Å². The lowest BCUT2D eigenvalue weighted by Gasteiger charge is -2.31. The first kappa shape index (κ1) is 11.5. The number of nitrogens with two attached hydrogens (primary N) is 1. The number of hydrogen-bond acceptors (Lipinski definition) is 3. The molecule has 0 spiro atoms. The summed E-state index contributed by atoms with van der Waals surface area (Å²) in [5, 5.41) is 11.9. The lowest BCUT2D eigenvalue weighted by atomic mass is 9.82. The van der Waals surface area contributed by atoms with Crippen molar-refractivity contribution in [2.24, 2.45) is 17.6 Å². The summed E-state index contributed by atoms with van der Waals surface area (Å²) >= 11 is 0. The van der Waals surface area contributed by atoms with Crippen LogP contribution < -0.4 is 11.1 Å². The summed E-state index contributed by atoms with van der Waals surface area (Å²) in [6.45, 7) is 4.33. The molecule has 1 rings (SSSR count). The first-order chi connectivity index (χ1) is 6.50. The predicted octanol–water partition coefficient (Wildman–Crippen LogP) is -0.143. The van der Waals surface area contributed by atoms with Gasteiger partial charge in [-0.15, -0.1) is 0 Å². The Morgan fingerprint density at radius 1 is 1.57 bits per heavy atom. The third kappa shape index (κ3) is 2.96. The monoisotopic (exact) mass is 200 g/mol. The SMILES string of the molecule is CC(N)C(C)C(=O)NCC1CC(O)C1. The van der Waals surface area contributed by atoms with Crippen LogP contribution in [-0.4, -0.2) is 29.7 Å². The summed E-state index contributed by atoms with van der Waals surface area (Å²) in [6.07, 6.45) is 1.47. The molecule has 4 nitrogen and oxygen atoms in total. The topological polar surface area (TPSA) is 75.4 Å². The van der Waals surface area contributed by atoms with Crippen molar-refractivity contribution in [3.63, 3.8) is 0 Å². The third-order valence-electron chi connectivity index (χ3n) is 2.98. The molecule has 2 atom stereocenters. The van der Waals surface area contributed by atoms with E-state index in [0.29, 0.717) is 12.5 Å². The molecule has 1 saturated carbocycles. The molecule has 82 valence electrons. The standard InChI is InChI=1S/C10H20N2O2/c1-6(7(2)11)10(14)12-5-8-3-9(13)4-8/h6-9,13H,3-5,11H2,1-2H3,(H,12,14). The second-order valence-electron chi connectivity index (χ2n) is 4.38. The van der Waals surface area contributed by atoms with E-state index in [-0.39, 0.29) is 24.0 Å². The molecule has 1 aliphatic carbocycles. The Bertz CT molecular complexity index is 200. The average Bonchev–Trinajstić information content (AvgIpc) is 2.08. The van der Waals surface area contributed by atoms with Gasteiger partial charge in [-0.05, 0) is 25.7 Å². The summed E-state index contributed by atoms with van der Waals surface area (Å²) in [5.41, 5.74) is 5.61. The number of rotatable bonds is 4. The van der Waals surface area contributed by atoms with Crippen molar-refractivity contribution in [3.8, 4) is 0 Å². The maximum absolute atomic E-state index is 11.5. The highest BCUT2D eigenvalue weighted by Gasteiger charge is 2.27. The number of aliphatic hydroxyl groups is 1. The van der Waals surface area contributed by atoms with Crippen LogP contribution in [0.1, 0.15) is 26.7 Å². The van der Waals surface area contributed by atoms with E-state index in [4.69, 9.17) is 10.8 Å². The molecule has 4 N–H and O–H groups in total. The van der Waals surface area contributed by atoms with Crippen LogP contribution in [0.25, 0.3) is 0 Å². The largest absolute Gasteiger partial charge is 0.393 e. The van der Waals surface area contributed by atoms with Crippen molar-refractivity contribution in [1.29, 1.82) is 0 Å². The highest BCUT2D eigenvalue weighted by Crippen LogP contribution is 2.26. The van der Waals surface area contributed by atoms with Crippen LogP contribution in [0.2, 0.25) is 0 Å². The second kappa shape index (κ2) is 4.75. The highest BCUT2D eigenvalue weighted by molar-refractivity contribution is 5.78. The van der Waals surface area contributed by atoms with Crippen LogP contribution in [0.4, 0.5) is 0 Å². The third-order valence-corrected chi connectivity index (χ3v) is 2.98. The average molecular weight is 200 g/mol. The fraction of sp³-hybridized carbons (Fsp3) is 0.900. The van der Waals surface area contributed by atoms with Crippen molar-refractivity contribution in [3.05, 3.63) is 0 Å². The minimum absolute atomic E-state index is 0.0152. The fourth-order valence-corrected chi connectivity index (χ4v) is 1.51. The molecule has 1 aliphatic rings. The van der Waals surface area contributed by atoms with Crippen molar-refractivity contribution >= 4 is 5.91 Å². The van der Waals surface area contributed by atoms with Gasteiger partial charge in [-0.1, -0.05) is 6.92 Å². The Morgan fingerprint density at radius 2 is 2.14 bits per heavy atom. The van der Waals surface area contributed by atoms with E-state index in [0.717, 1.165) is 12.8 Å². The molecule has 4 heteroatoms. The van der Waals surface area contributed by atoms with Gasteiger partial charge in [-0.2, -0.15) is 0 Å². The van der Waals surface area contributed by atoms with Gasteiger partial charge in [0.05, 0.1) is 6.10 Å². The summed E-state index contributed by atoms with van der Waals surface area (Å²) in [4.78, 5) is 11.5. The molecule has 1 fully saturated rings. The number of carbonyl (C=O) groups excluding carboxylic acids is 1. The highest BCUT2D eigenvalue weighted by atomic mass is 16.3. The number of carbonyl (C=O) groups is 1. The molecule has 14 heavy (non-hydrogen) atoms. The Hall–Kier alpha value is -0.610. The first-order valence-corrected chi connectivity index (χ1v) is 5.22. The fourth-order valence-electron chi connectivity index (χ4n) is 1.51. The van der Waals surface area contributed by atoms with E-state index in [2.05, 4.69) is 5.32 Å². The zero-order chi connectivity index (χ0) is 10.7. The van der Waals surface area contributed by atoms with Gasteiger partial charge in [-0.3, -0.25) is 4.79 Å². The van der Waals surface area contributed by atoms with E-state index in [1.807, 2.05) is 13.8 Å². The molecule has 0 saturated heterocycles. The molecule has 2 unspecified atom stereocenters. The maximum Gasteiger partial charge on any atom is 0.224 e. The minimum Gasteiger partial charge on any atom is -0.393 e. The van der Waals surface area contributed by atoms with Crippen LogP contribution in [0.15, 0.2) is 0 Å². The molecule has 0 bridgehead atoms. The summed E-state index contributed by atoms with van der Waals surface area (Å²) in [6, 6.07) is -0.109. The van der Waals surface area contributed by atoms with Gasteiger partial charge in [-0.25, -0.2) is 0 Å². The minimum atomic E-state index is -0.150. The molecule has 0 heterocycles. The maximum atomic E-state index is 11.5. The van der Waals surface area contributed by atoms with Gasteiger partial charge in [0, 0.05) is 18.5 Å². The van der Waals surface area contributed by atoms with Gasteiger partial charge < -0.3 is 16.2 Å². The van der Waals surface area contributed by atoms with Crippen LogP contribution in [0, 0.1) is 11.8 Å². The zero-order valence-corrected chi connectivity index (χ0v) is 8.86. The number of nitrogens with one attached hydrogen (secondary N) is 1. The quantitative estimate of drug-likeness (QED) is 0.591. The Morgan fingerprint density at radius 3 is 2.57 bits per heavy atom. The summed E-state index contributed by atoms with van der Waals surface area (Å²) in [5.74, 6) is 0.329. The Kier molecular flexibility index (Phi) is 3.89. The van der Waals surface area contributed by atoms with Crippen molar-refractivity contribution in [2.45, 2.75) is 38.8 Å². The summed E-state index contributed by atoms with van der Waals surface area (Å²) < 4.78 is 0. The molecule has 0 aromatic heterocycles. The molecular formula is C10H20N2O2. The predicted molar refractivity (Wildman–Crippen MR) is 54.6 cm³/mol. The second-order valence-corrected chi connectivity index (χ2v) is 4.38. The normalized spacial score (nSPS) is 30.3. The zero-order valence-electron chi connectivity index (χ0n) is 8.86. The van der Waals surface area contributed by atoms with Crippen molar-refractivity contribution in [2.75, 3.05) is 6.54 Å². The van der Waals surface area contributed by atoms with Gasteiger partial charge in [0.25, 0.3) is 0 Å². The van der Waals surface area contributed by atoms with E-state index in [1.54, 1.807) is 0 Å². The van der Waals surface area contributed by atoms with Crippen molar-refractivity contribution in [1.82, 2.24) is 5.32 Å². The summed E-state index contributed by atoms with van der Waals surface area (Å²) in [7, 11) is 0. The van der Waals surface area contributed by atoms with Crippen LogP contribution in [0.5, 0.6) is 0 Å². The molecular weight excluding hydrogens is 180 g/mol. The van der Waals surface area contributed by atoms with Crippen LogP contribution >= 0.6 is 0 Å². The Balaban J connectivity index is 2.15. The van der Waals surface area contributed by atoms with E-state index in [1.165, 1.54) is 0 Å². The lowest BCUT2D eigenvalue weighted by molar-refractivity contribution is -0.125. The van der Waals surface area contributed by atoms with Gasteiger partial charge in [0.1, 0.15) is 0 Å². The Labute approximate surface area is 84.9 Å². The van der Waals surface area contributed by atoms with Gasteiger partial charge in [0.15, 0.2) is 0 Å².